The number of nitro groups is 1. The Kier molecular flexibility index (Phi) is 3.41. The topological polar surface area (TPSA) is 65.1 Å². The molecule has 0 saturated carbocycles. The van der Waals surface area contributed by atoms with Gasteiger partial charge in [-0.2, -0.15) is 0 Å². The largest absolute Gasteiger partial charge is 0.283 e. The fourth-order valence-corrected chi connectivity index (χ4v) is 3.72. The maximum absolute atomic E-state index is 13.0. The summed E-state index contributed by atoms with van der Waals surface area (Å²) in [6.07, 6.45) is 0.522. The summed E-state index contributed by atoms with van der Waals surface area (Å²) in [6, 6.07) is 19.2. The zero-order chi connectivity index (χ0) is 16.7. The first-order valence-corrected chi connectivity index (χ1v) is 7.95. The normalized spacial score (nSPS) is 19.6. The number of hydrogen-bond donors (Lipinski definition) is 0. The van der Waals surface area contributed by atoms with Crippen LogP contribution in [0.5, 0.6) is 0 Å². The fraction of sp³-hybridized carbons (Fsp3) is 0.211. The summed E-state index contributed by atoms with van der Waals surface area (Å²) >= 11 is 0. The van der Waals surface area contributed by atoms with Crippen LogP contribution in [0.3, 0.4) is 0 Å². The number of rotatable bonds is 4. The summed E-state index contributed by atoms with van der Waals surface area (Å²) in [7, 11) is 0. The molecule has 5 heteroatoms. The van der Waals surface area contributed by atoms with Crippen LogP contribution < -0.4 is 0 Å². The zero-order valence-electron chi connectivity index (χ0n) is 13.0. The van der Waals surface area contributed by atoms with E-state index < -0.39 is 5.92 Å². The first-order chi connectivity index (χ1) is 11.6. The van der Waals surface area contributed by atoms with Gasteiger partial charge in [0.2, 0.25) is 12.5 Å². The monoisotopic (exact) mass is 320 g/mol. The van der Waals surface area contributed by atoms with E-state index in [9.17, 15) is 14.9 Å². The van der Waals surface area contributed by atoms with Gasteiger partial charge < -0.3 is 0 Å². The molecule has 1 aliphatic rings. The summed E-state index contributed by atoms with van der Waals surface area (Å²) in [5, 5.41) is 12.1. The molecule has 5 nitrogen and oxygen atoms in total. The van der Waals surface area contributed by atoms with Crippen molar-refractivity contribution in [3.05, 3.63) is 82.0 Å². The molecule has 0 fully saturated rings. The van der Waals surface area contributed by atoms with Crippen LogP contribution in [-0.4, -0.2) is 21.9 Å². The second-order valence-electron chi connectivity index (χ2n) is 6.22. The molecule has 1 aliphatic heterocycles. The fourth-order valence-electron chi connectivity index (χ4n) is 3.72. The van der Waals surface area contributed by atoms with Gasteiger partial charge in [-0.3, -0.25) is 19.5 Å². The molecular weight excluding hydrogens is 304 g/mol. The molecule has 2 aromatic carbocycles. The highest BCUT2D eigenvalue weighted by Gasteiger charge is 2.43. The van der Waals surface area contributed by atoms with Gasteiger partial charge in [-0.1, -0.05) is 48.5 Å². The van der Waals surface area contributed by atoms with Gasteiger partial charge in [0.1, 0.15) is 0 Å². The van der Waals surface area contributed by atoms with E-state index >= 15 is 0 Å². The van der Waals surface area contributed by atoms with Crippen molar-refractivity contribution < 1.29 is 9.72 Å². The second kappa shape index (κ2) is 5.60. The van der Waals surface area contributed by atoms with Gasteiger partial charge in [-0.05, 0) is 24.1 Å². The third kappa shape index (κ3) is 2.29. The van der Waals surface area contributed by atoms with E-state index in [1.54, 1.807) is 4.57 Å². The number of hydrogen-bond acceptors (Lipinski definition) is 3. The highest BCUT2D eigenvalue weighted by atomic mass is 16.6. The summed E-state index contributed by atoms with van der Waals surface area (Å²) in [6.45, 7) is -0.223. The van der Waals surface area contributed by atoms with Crippen molar-refractivity contribution in [3.63, 3.8) is 0 Å². The van der Waals surface area contributed by atoms with Crippen molar-refractivity contribution in [2.45, 2.75) is 12.3 Å². The molecule has 120 valence electrons. The SMILES string of the molecule is O=C1[C@H](Cc2ccccc2)[C@@H](C[N+](=O)[O-])c2cc3ccccc3n21. The first kappa shape index (κ1) is 14.6. The first-order valence-electron chi connectivity index (χ1n) is 7.95. The molecule has 0 bridgehead atoms. The standard InChI is InChI=1S/C19H16N2O3/c22-19-15(10-13-6-2-1-3-7-13)16(12-20(23)24)18-11-14-8-4-5-9-17(14)21(18)19/h1-9,11,15-16H,10,12H2/t15-,16-/m1/s1. The lowest BCUT2D eigenvalue weighted by Gasteiger charge is -2.14. The third-order valence-corrected chi connectivity index (χ3v) is 4.79. The minimum atomic E-state index is -0.391. The van der Waals surface area contributed by atoms with Gasteiger partial charge >= 0.3 is 0 Å². The van der Waals surface area contributed by atoms with Crippen LogP contribution in [0.1, 0.15) is 22.0 Å². The second-order valence-corrected chi connectivity index (χ2v) is 6.22. The zero-order valence-corrected chi connectivity index (χ0v) is 13.0. The van der Waals surface area contributed by atoms with E-state index in [0.29, 0.717) is 6.42 Å². The number of fused-ring (bicyclic) bond motifs is 3. The van der Waals surface area contributed by atoms with E-state index in [2.05, 4.69) is 0 Å². The summed E-state index contributed by atoms with van der Waals surface area (Å²) < 4.78 is 1.68. The molecule has 2 atom stereocenters. The maximum Gasteiger partial charge on any atom is 0.235 e. The smallest absolute Gasteiger partial charge is 0.235 e. The van der Waals surface area contributed by atoms with E-state index in [1.807, 2.05) is 60.7 Å². The predicted octanol–water partition coefficient (Wildman–Crippen LogP) is 3.51. The average Bonchev–Trinajstić information content (AvgIpc) is 3.07. The van der Waals surface area contributed by atoms with Crippen LogP contribution in [0.15, 0.2) is 60.7 Å². The Morgan fingerprint density at radius 1 is 1.00 bits per heavy atom. The van der Waals surface area contributed by atoms with Gasteiger partial charge in [0, 0.05) is 16.0 Å². The van der Waals surface area contributed by atoms with Gasteiger partial charge in [0.05, 0.1) is 17.4 Å². The van der Waals surface area contributed by atoms with Crippen LogP contribution in [0, 0.1) is 16.0 Å². The molecule has 4 rings (SSSR count). The van der Waals surface area contributed by atoms with Gasteiger partial charge in [0.25, 0.3) is 0 Å². The van der Waals surface area contributed by atoms with E-state index in [0.717, 1.165) is 22.2 Å². The highest BCUT2D eigenvalue weighted by Crippen LogP contribution is 2.39. The maximum atomic E-state index is 13.0. The molecule has 0 aliphatic carbocycles. The van der Waals surface area contributed by atoms with Crippen LogP contribution in [0.2, 0.25) is 0 Å². The molecule has 3 aromatic rings. The Hall–Kier alpha value is -2.95. The van der Waals surface area contributed by atoms with E-state index in [-0.39, 0.29) is 23.3 Å². The molecule has 0 amide bonds. The number of para-hydroxylation sites is 1. The summed E-state index contributed by atoms with van der Waals surface area (Å²) in [5.74, 6) is -0.820. The Bertz CT molecular complexity index is 930. The molecular formula is C19H16N2O3. The Balaban J connectivity index is 1.79. The van der Waals surface area contributed by atoms with Crippen molar-refractivity contribution >= 4 is 16.8 Å². The van der Waals surface area contributed by atoms with E-state index in [4.69, 9.17) is 0 Å². The summed E-state index contributed by atoms with van der Waals surface area (Å²) in [5.41, 5.74) is 2.62. The average molecular weight is 320 g/mol. The van der Waals surface area contributed by atoms with Crippen LogP contribution >= 0.6 is 0 Å². The lowest BCUT2D eigenvalue weighted by atomic mass is 9.86. The Morgan fingerprint density at radius 2 is 1.71 bits per heavy atom. The van der Waals surface area contributed by atoms with Gasteiger partial charge in [-0.25, -0.2) is 0 Å². The van der Waals surface area contributed by atoms with Crippen molar-refractivity contribution in [2.24, 2.45) is 5.92 Å². The number of carbonyl (C=O) groups excluding carboxylic acids is 1. The van der Waals surface area contributed by atoms with Gasteiger partial charge in [0.15, 0.2) is 0 Å². The number of aromatic nitrogens is 1. The van der Waals surface area contributed by atoms with Crippen LogP contribution in [0.4, 0.5) is 0 Å². The van der Waals surface area contributed by atoms with Crippen molar-refractivity contribution in [1.29, 1.82) is 0 Å². The molecule has 0 spiro atoms. The minimum absolute atomic E-state index is 0.0399. The van der Waals surface area contributed by atoms with Gasteiger partial charge in [-0.15, -0.1) is 0 Å². The highest BCUT2D eigenvalue weighted by molar-refractivity contribution is 5.98. The number of carbonyl (C=O) groups is 1. The molecule has 0 N–H and O–H groups in total. The van der Waals surface area contributed by atoms with Crippen molar-refractivity contribution in [3.8, 4) is 0 Å². The predicted molar refractivity (Wildman–Crippen MR) is 90.8 cm³/mol. The number of benzene rings is 2. The molecule has 0 saturated heterocycles. The quantitative estimate of drug-likeness (QED) is 0.546. The third-order valence-electron chi connectivity index (χ3n) is 4.79. The lowest BCUT2D eigenvalue weighted by molar-refractivity contribution is -0.484. The van der Waals surface area contributed by atoms with Crippen LogP contribution in [-0.2, 0) is 6.42 Å². The van der Waals surface area contributed by atoms with Crippen molar-refractivity contribution in [1.82, 2.24) is 4.57 Å². The molecule has 0 unspecified atom stereocenters. The minimum Gasteiger partial charge on any atom is -0.283 e. The van der Waals surface area contributed by atoms with Crippen molar-refractivity contribution in [2.75, 3.05) is 6.54 Å². The van der Waals surface area contributed by atoms with Crippen LogP contribution in [0.25, 0.3) is 10.9 Å². The molecule has 24 heavy (non-hydrogen) atoms. The summed E-state index contributed by atoms with van der Waals surface area (Å²) in [4.78, 5) is 23.9. The Morgan fingerprint density at radius 3 is 2.46 bits per heavy atom. The molecule has 0 radical (unpaired) electrons. The molecule has 2 heterocycles. The number of nitrogens with zero attached hydrogens (tertiary/aromatic N) is 2. The van der Waals surface area contributed by atoms with E-state index in [1.165, 1.54) is 0 Å². The lowest BCUT2D eigenvalue weighted by Crippen LogP contribution is -2.23. The Labute approximate surface area is 138 Å². The molecule has 1 aromatic heterocycles.